The molecule has 0 aliphatic carbocycles. The van der Waals surface area contributed by atoms with Gasteiger partial charge in [-0.2, -0.15) is 0 Å². The highest BCUT2D eigenvalue weighted by molar-refractivity contribution is 8.76. The number of carboxylic acids is 1. The summed E-state index contributed by atoms with van der Waals surface area (Å²) >= 11 is 0. The van der Waals surface area contributed by atoms with Gasteiger partial charge in [0.25, 0.3) is 0 Å². The number of hydrogen-bond donors (Lipinski definition) is 17. The Balaban J connectivity index is 1.56. The molecule has 21 N–H and O–H groups in total. The molecule has 1 aliphatic heterocycles. The van der Waals surface area contributed by atoms with Gasteiger partial charge in [-0.15, -0.1) is 0 Å². The number of benzene rings is 3. The largest absolute Gasteiger partial charge is 0.508 e. The van der Waals surface area contributed by atoms with Crippen molar-refractivity contribution in [3.05, 3.63) is 102 Å². The maximum atomic E-state index is 14.6. The lowest BCUT2D eigenvalue weighted by atomic mass is 9.97. The van der Waals surface area contributed by atoms with E-state index in [0.717, 1.165) is 21.6 Å². The number of rotatable bonds is 20. The number of primary amides is 2. The van der Waals surface area contributed by atoms with Crippen molar-refractivity contribution in [1.82, 2.24) is 52.8 Å². The van der Waals surface area contributed by atoms with Gasteiger partial charge >= 0.3 is 5.97 Å². The van der Waals surface area contributed by atoms with Gasteiger partial charge in [-0.25, -0.2) is 4.79 Å². The van der Waals surface area contributed by atoms with Crippen LogP contribution in [0.5, 0.6) is 5.75 Å². The van der Waals surface area contributed by atoms with Crippen LogP contribution in [0, 0.1) is 5.92 Å². The number of nitrogens with two attached hydrogens (primary N) is 4. The number of aliphatic hydroxyl groups excluding tert-OH is 1. The first-order chi connectivity index (χ1) is 42.4. The van der Waals surface area contributed by atoms with Crippen LogP contribution in [-0.2, 0) is 76.8 Å². The topological polar surface area (TPSA) is 494 Å². The first kappa shape index (κ1) is 71.0. The molecule has 29 nitrogen and oxygen atoms in total. The van der Waals surface area contributed by atoms with E-state index in [0.29, 0.717) is 34.0 Å². The van der Waals surface area contributed by atoms with E-state index in [9.17, 15) is 72.9 Å². The molecule has 5 rings (SSSR count). The predicted molar refractivity (Wildman–Crippen MR) is 329 cm³/mol. The molecule has 0 spiro atoms. The van der Waals surface area contributed by atoms with Crippen molar-refractivity contribution in [2.45, 2.75) is 132 Å². The number of unbranched alkanes of at least 4 members (excludes halogenated alkanes) is 1. The van der Waals surface area contributed by atoms with Crippen LogP contribution in [0.1, 0.15) is 69.1 Å². The predicted octanol–water partition coefficient (Wildman–Crippen LogP) is -3.01. The van der Waals surface area contributed by atoms with Gasteiger partial charge in [0.05, 0.1) is 25.5 Å². The molecule has 0 bridgehead atoms. The Hall–Kier alpha value is -8.78. The van der Waals surface area contributed by atoms with E-state index in [2.05, 4.69) is 52.8 Å². The van der Waals surface area contributed by atoms with Gasteiger partial charge in [0.15, 0.2) is 0 Å². The number of aliphatic hydroxyl groups is 1. The van der Waals surface area contributed by atoms with Gasteiger partial charge in [0.2, 0.25) is 65.0 Å². The van der Waals surface area contributed by atoms with Gasteiger partial charge in [-0.3, -0.25) is 52.7 Å². The van der Waals surface area contributed by atoms with E-state index >= 15 is 0 Å². The molecule has 1 saturated heterocycles. The van der Waals surface area contributed by atoms with Crippen LogP contribution in [0.25, 0.3) is 10.9 Å². The maximum absolute atomic E-state index is 14.6. The summed E-state index contributed by atoms with van der Waals surface area (Å²) in [5.41, 5.74) is 25.3. The average molecular weight is 1280 g/mol. The lowest BCUT2D eigenvalue weighted by Gasteiger charge is -2.29. The van der Waals surface area contributed by atoms with E-state index in [1.54, 1.807) is 74.6 Å². The molecule has 2 heterocycles. The highest BCUT2D eigenvalue weighted by Crippen LogP contribution is 2.24. The number of phenolic OH excluding ortho intramolecular Hbond substituents is 1. The first-order valence-electron chi connectivity index (χ1n) is 28.6. The second-order valence-electron chi connectivity index (χ2n) is 21.3. The molecule has 3 aromatic carbocycles. The summed E-state index contributed by atoms with van der Waals surface area (Å²) < 4.78 is 0. The van der Waals surface area contributed by atoms with Crippen molar-refractivity contribution in [2.24, 2.45) is 28.9 Å². The number of aromatic hydroxyl groups is 1. The Bertz CT molecular complexity index is 3140. The third kappa shape index (κ3) is 22.4. The third-order valence-corrected chi connectivity index (χ3v) is 16.9. The second kappa shape index (κ2) is 35.3. The van der Waals surface area contributed by atoms with Gasteiger partial charge in [0.1, 0.15) is 60.1 Å². The number of phenols is 1. The minimum atomic E-state index is -1.89. The van der Waals surface area contributed by atoms with E-state index in [4.69, 9.17) is 22.9 Å². The molecule has 1 aromatic heterocycles. The van der Waals surface area contributed by atoms with Crippen molar-refractivity contribution >= 4 is 103 Å². The molecule has 0 radical (unpaired) electrons. The zero-order valence-corrected chi connectivity index (χ0v) is 50.6. The zero-order valence-electron chi connectivity index (χ0n) is 49.0. The third-order valence-electron chi connectivity index (χ3n) is 14.4. The average Bonchev–Trinajstić information content (AvgIpc) is 3.15. The number of nitrogens with one attached hydrogen (secondary N) is 10. The number of para-hydroxylation sites is 1. The fraction of sp³-hybridized carbons (Fsp3) is 0.448. The zero-order chi connectivity index (χ0) is 65.3. The summed E-state index contributed by atoms with van der Waals surface area (Å²) in [5.74, 6) is -14.4. The normalized spacial score (nSPS) is 23.4. The maximum Gasteiger partial charge on any atom is 0.326 e. The first-order valence-corrected chi connectivity index (χ1v) is 31.1. The molecule has 89 heavy (non-hydrogen) atoms. The number of aromatic nitrogens is 1. The fourth-order valence-corrected chi connectivity index (χ4v) is 11.5. The lowest BCUT2D eigenvalue weighted by Crippen LogP contribution is -2.62. The number of carbonyl (C=O) groups is 12. The molecule has 482 valence electrons. The van der Waals surface area contributed by atoms with Crippen molar-refractivity contribution in [3.8, 4) is 5.75 Å². The molecule has 1 aliphatic rings. The second-order valence-corrected chi connectivity index (χ2v) is 23.9. The van der Waals surface area contributed by atoms with Crippen LogP contribution < -0.4 is 70.8 Å². The van der Waals surface area contributed by atoms with Crippen LogP contribution in [0.3, 0.4) is 0 Å². The Morgan fingerprint density at radius 2 is 1.12 bits per heavy atom. The van der Waals surface area contributed by atoms with Crippen molar-refractivity contribution in [2.75, 3.05) is 24.7 Å². The van der Waals surface area contributed by atoms with Gasteiger partial charge in [-0.05, 0) is 66.6 Å². The minimum absolute atomic E-state index is 0.0998. The molecule has 11 atom stereocenters. The molecule has 0 unspecified atom stereocenters. The highest BCUT2D eigenvalue weighted by atomic mass is 33.1. The van der Waals surface area contributed by atoms with Crippen LogP contribution >= 0.6 is 21.6 Å². The fourth-order valence-electron chi connectivity index (χ4n) is 9.26. The Labute approximate surface area is 520 Å². The summed E-state index contributed by atoms with van der Waals surface area (Å²) in [6.45, 7) is 2.29. The number of amides is 11. The van der Waals surface area contributed by atoms with Crippen LogP contribution in [-0.4, -0.2) is 176 Å². The van der Waals surface area contributed by atoms with Crippen molar-refractivity contribution < 1.29 is 72.9 Å². The van der Waals surface area contributed by atoms with Gasteiger partial charge in [-0.1, -0.05) is 103 Å². The molecule has 0 saturated carbocycles. The van der Waals surface area contributed by atoms with Gasteiger partial charge < -0.3 is 91.1 Å². The minimum Gasteiger partial charge on any atom is -0.508 e. The summed E-state index contributed by atoms with van der Waals surface area (Å²) in [5, 5.41) is 54.1. The standard InChI is InChI=1S/C58H78N14O15S2/c1-3-30(2)48-57(85)71-45(56(84)69-43(58(86)87)23-33-26-63-37-14-8-7-13-35(33)37)29-89-88-28-36(60)49(77)65-41(24-46(61)75)53(81)64-38(15-9-10-20-59)50(78)66-40(22-32-16-18-34(74)19-17-32)51(79)67-39(21-31-11-5-4-6-12-31)52(80)70-44(27-73)55(83)68-42(25-47(62)76)54(82)72-48/h4-8,11-14,16-19,26,30,36,38-45,48,63,73-74H,3,9-10,15,20-25,27-29,59-60H2,1-2H3,(H2,61,75)(H2,62,76)(H,64,81)(H,65,77)(H,66,78)(H,67,79)(H,68,83)(H,69,84)(H,70,80)(H,71,85)(H,72,82)(H,86,87)/t30-,36+,38-,39-,40-,41-,42-,43-,44-,45-,48-/m0/s1. The van der Waals surface area contributed by atoms with E-state index in [1.165, 1.54) is 24.3 Å². The summed E-state index contributed by atoms with van der Waals surface area (Å²) in [4.78, 5) is 169. The molecular formula is C58H78N14O15S2. The van der Waals surface area contributed by atoms with Crippen LogP contribution in [0.4, 0.5) is 0 Å². The number of H-pyrrole nitrogens is 1. The number of carboxylic acid groups (broad SMARTS) is 1. The Kier molecular flexibility index (Phi) is 28.1. The Morgan fingerprint density at radius 3 is 1.71 bits per heavy atom. The van der Waals surface area contributed by atoms with E-state index in [-0.39, 0.29) is 62.3 Å². The van der Waals surface area contributed by atoms with E-state index < -0.39 is 157 Å². The smallest absolute Gasteiger partial charge is 0.326 e. The molecule has 11 amide bonds. The molecule has 1 fully saturated rings. The molecule has 4 aromatic rings. The molecule has 31 heteroatoms. The number of carbonyl (C=O) groups excluding carboxylic acids is 11. The lowest BCUT2D eigenvalue weighted by molar-refractivity contribution is -0.142. The number of fused-ring (bicyclic) bond motifs is 1. The number of hydrogen-bond acceptors (Lipinski definition) is 18. The summed E-state index contributed by atoms with van der Waals surface area (Å²) in [6.07, 6.45) is -0.123. The highest BCUT2D eigenvalue weighted by Gasteiger charge is 2.38. The monoisotopic (exact) mass is 1270 g/mol. The number of aliphatic carboxylic acids is 1. The molecular weight excluding hydrogens is 1200 g/mol. The summed E-state index contributed by atoms with van der Waals surface area (Å²) in [7, 11) is 1.82. The van der Waals surface area contributed by atoms with E-state index in [1.807, 2.05) is 0 Å². The van der Waals surface area contributed by atoms with Crippen molar-refractivity contribution in [3.63, 3.8) is 0 Å². The van der Waals surface area contributed by atoms with Crippen molar-refractivity contribution in [1.29, 1.82) is 0 Å². The van der Waals surface area contributed by atoms with Crippen LogP contribution in [0.15, 0.2) is 85.1 Å². The summed E-state index contributed by atoms with van der Waals surface area (Å²) in [6, 6.07) is 4.61. The quantitative estimate of drug-likeness (QED) is 0.0309. The van der Waals surface area contributed by atoms with Gasteiger partial charge in [0, 0.05) is 47.9 Å². The Morgan fingerprint density at radius 1 is 0.618 bits per heavy atom. The van der Waals surface area contributed by atoms with Crippen LogP contribution in [0.2, 0.25) is 0 Å². The SMILES string of the molecule is CC[C@H](C)[C@@H]1NC(=O)[C@H](CC(N)=O)NC(=O)[C@H](CO)NC(=O)[C@H](Cc2ccccc2)NC(=O)[C@H](Cc2ccc(O)cc2)NC(=O)[C@H](CCCCN)NC(=O)[C@H](CC(N)=O)NC(=O)[C@H](N)CSSC[C@@H](C(=O)N[C@@H](Cc2c[nH]c3ccccc23)C(=O)O)NC1=O. The number of aromatic amines is 1.